The quantitative estimate of drug-likeness (QED) is 0.671. The lowest BCUT2D eigenvalue weighted by atomic mass is 9.83. The Kier molecular flexibility index (Phi) is 2.42. The van der Waals surface area contributed by atoms with E-state index in [9.17, 15) is 9.90 Å². The van der Waals surface area contributed by atoms with Gasteiger partial charge < -0.3 is 10.2 Å². The molecular weight excluding hydrogens is 156 g/mol. The first-order valence-corrected chi connectivity index (χ1v) is 4.45. The van der Waals surface area contributed by atoms with Gasteiger partial charge in [-0.1, -0.05) is 6.92 Å². The smallest absolute Gasteiger partial charge is 0.309 e. The Bertz CT molecular complexity index is 182. The average molecular weight is 172 g/mol. The summed E-state index contributed by atoms with van der Waals surface area (Å²) in [6.45, 7) is 3.45. The summed E-state index contributed by atoms with van der Waals surface area (Å²) < 4.78 is 0. The Labute approximate surface area is 72.4 Å². The molecule has 0 saturated heterocycles. The number of carboxylic acids is 1. The number of carbonyl (C=O) groups is 1. The molecule has 3 heteroatoms. The molecule has 0 spiro atoms. The molecule has 1 aliphatic rings. The highest BCUT2D eigenvalue weighted by Gasteiger charge is 2.47. The normalized spacial score (nSPS) is 24.6. The summed E-state index contributed by atoms with van der Waals surface area (Å²) in [5.41, 5.74) is -0.999. The van der Waals surface area contributed by atoms with Gasteiger partial charge in [-0.2, -0.15) is 0 Å². The summed E-state index contributed by atoms with van der Waals surface area (Å²) in [6.07, 6.45) is 2.44. The molecule has 2 unspecified atom stereocenters. The lowest BCUT2D eigenvalue weighted by molar-refractivity contribution is -0.152. The van der Waals surface area contributed by atoms with E-state index in [0.29, 0.717) is 6.42 Å². The molecule has 0 heterocycles. The molecule has 0 amide bonds. The molecular formula is C9H16O3. The first kappa shape index (κ1) is 9.52. The fourth-order valence-corrected chi connectivity index (χ4v) is 1.79. The molecule has 12 heavy (non-hydrogen) atoms. The van der Waals surface area contributed by atoms with Gasteiger partial charge in [0.1, 0.15) is 0 Å². The number of rotatable bonds is 4. The predicted octanol–water partition coefficient (Wildman–Crippen LogP) is 1.26. The zero-order valence-electron chi connectivity index (χ0n) is 7.58. The number of hydrogen-bond acceptors (Lipinski definition) is 2. The molecule has 0 aromatic heterocycles. The summed E-state index contributed by atoms with van der Waals surface area (Å²) in [7, 11) is 0. The second-order valence-corrected chi connectivity index (χ2v) is 3.80. The highest BCUT2D eigenvalue weighted by Crippen LogP contribution is 2.44. The van der Waals surface area contributed by atoms with Gasteiger partial charge in [-0.25, -0.2) is 0 Å². The minimum absolute atomic E-state index is 0.207. The van der Waals surface area contributed by atoms with Crippen LogP contribution in [0.5, 0.6) is 0 Å². The van der Waals surface area contributed by atoms with E-state index in [0.717, 1.165) is 12.8 Å². The van der Waals surface area contributed by atoms with Crippen molar-refractivity contribution in [1.29, 1.82) is 0 Å². The molecule has 0 bridgehead atoms. The third-order valence-corrected chi connectivity index (χ3v) is 2.82. The molecule has 1 aliphatic carbocycles. The van der Waals surface area contributed by atoms with Crippen LogP contribution in [0.1, 0.15) is 33.1 Å². The lowest BCUT2D eigenvalue weighted by Crippen LogP contribution is -2.41. The first-order valence-electron chi connectivity index (χ1n) is 4.45. The van der Waals surface area contributed by atoms with Gasteiger partial charge in [0.25, 0.3) is 0 Å². The number of carboxylic acid groups (broad SMARTS) is 1. The second-order valence-electron chi connectivity index (χ2n) is 3.80. The summed E-state index contributed by atoms with van der Waals surface area (Å²) in [5, 5.41) is 18.7. The maximum absolute atomic E-state index is 10.7. The third kappa shape index (κ3) is 1.61. The van der Waals surface area contributed by atoms with E-state index in [2.05, 4.69) is 0 Å². The second kappa shape index (κ2) is 3.05. The van der Waals surface area contributed by atoms with Gasteiger partial charge >= 0.3 is 5.97 Å². The standard InChI is InChI=1S/C9H16O3/c1-3-7(8(10)11)9(2,12)6-4-5-6/h6-7,12H,3-5H2,1-2H3,(H,10,11). The van der Waals surface area contributed by atoms with Crippen LogP contribution >= 0.6 is 0 Å². The van der Waals surface area contributed by atoms with Crippen molar-refractivity contribution >= 4 is 5.97 Å². The van der Waals surface area contributed by atoms with Crippen LogP contribution in [0.4, 0.5) is 0 Å². The molecule has 0 aromatic carbocycles. The molecule has 0 aliphatic heterocycles. The summed E-state index contributed by atoms with van der Waals surface area (Å²) >= 11 is 0. The maximum atomic E-state index is 10.7. The van der Waals surface area contributed by atoms with E-state index in [1.165, 1.54) is 0 Å². The van der Waals surface area contributed by atoms with Crippen LogP contribution in [0.25, 0.3) is 0 Å². The van der Waals surface area contributed by atoms with Gasteiger partial charge in [0, 0.05) is 0 Å². The fraction of sp³-hybridized carbons (Fsp3) is 0.889. The van der Waals surface area contributed by atoms with Crippen LogP contribution in [0, 0.1) is 11.8 Å². The van der Waals surface area contributed by atoms with Gasteiger partial charge in [-0.15, -0.1) is 0 Å². The number of aliphatic hydroxyl groups is 1. The summed E-state index contributed by atoms with van der Waals surface area (Å²) in [4.78, 5) is 10.7. The largest absolute Gasteiger partial charge is 0.481 e. The van der Waals surface area contributed by atoms with E-state index < -0.39 is 17.5 Å². The fourth-order valence-electron chi connectivity index (χ4n) is 1.79. The van der Waals surface area contributed by atoms with Crippen molar-refractivity contribution in [3.05, 3.63) is 0 Å². The molecule has 70 valence electrons. The maximum Gasteiger partial charge on any atom is 0.309 e. The van der Waals surface area contributed by atoms with E-state index in [1.54, 1.807) is 13.8 Å². The molecule has 1 rings (SSSR count). The minimum Gasteiger partial charge on any atom is -0.481 e. The Morgan fingerprint density at radius 2 is 2.17 bits per heavy atom. The van der Waals surface area contributed by atoms with Crippen LogP contribution < -0.4 is 0 Å². The van der Waals surface area contributed by atoms with Gasteiger partial charge in [0.2, 0.25) is 0 Å². The number of aliphatic carboxylic acids is 1. The Balaban J connectivity index is 2.68. The van der Waals surface area contributed by atoms with Crippen molar-refractivity contribution in [2.24, 2.45) is 11.8 Å². The van der Waals surface area contributed by atoms with Crippen LogP contribution in [0.15, 0.2) is 0 Å². The molecule has 0 radical (unpaired) electrons. The van der Waals surface area contributed by atoms with E-state index >= 15 is 0 Å². The van der Waals surface area contributed by atoms with Crippen molar-refractivity contribution in [3.63, 3.8) is 0 Å². The van der Waals surface area contributed by atoms with E-state index in [1.807, 2.05) is 0 Å². The van der Waals surface area contributed by atoms with Gasteiger partial charge in [0.05, 0.1) is 11.5 Å². The molecule has 2 N–H and O–H groups in total. The van der Waals surface area contributed by atoms with Crippen molar-refractivity contribution in [2.45, 2.75) is 38.7 Å². The average Bonchev–Trinajstić information content (AvgIpc) is 2.66. The topological polar surface area (TPSA) is 57.5 Å². The lowest BCUT2D eigenvalue weighted by Gasteiger charge is -2.29. The van der Waals surface area contributed by atoms with Gasteiger partial charge in [0.15, 0.2) is 0 Å². The Morgan fingerprint density at radius 1 is 1.67 bits per heavy atom. The van der Waals surface area contributed by atoms with Crippen molar-refractivity contribution < 1.29 is 15.0 Å². The summed E-state index contributed by atoms with van der Waals surface area (Å²) in [6, 6.07) is 0. The van der Waals surface area contributed by atoms with E-state index in [4.69, 9.17) is 5.11 Å². The Hall–Kier alpha value is -0.570. The van der Waals surface area contributed by atoms with Crippen molar-refractivity contribution in [2.75, 3.05) is 0 Å². The van der Waals surface area contributed by atoms with Crippen LogP contribution in [0.3, 0.4) is 0 Å². The molecule has 0 aromatic rings. The highest BCUT2D eigenvalue weighted by atomic mass is 16.4. The zero-order valence-corrected chi connectivity index (χ0v) is 7.58. The molecule has 1 saturated carbocycles. The highest BCUT2D eigenvalue weighted by molar-refractivity contribution is 5.71. The SMILES string of the molecule is CCC(C(=O)O)C(C)(O)C1CC1. The monoisotopic (exact) mass is 172 g/mol. The van der Waals surface area contributed by atoms with Crippen LogP contribution in [0.2, 0.25) is 0 Å². The third-order valence-electron chi connectivity index (χ3n) is 2.82. The molecule has 1 fully saturated rings. The van der Waals surface area contributed by atoms with Gasteiger partial charge in [-0.05, 0) is 32.1 Å². The first-order chi connectivity index (χ1) is 5.50. The molecule has 2 atom stereocenters. The zero-order chi connectivity index (χ0) is 9.35. The van der Waals surface area contributed by atoms with Crippen molar-refractivity contribution in [1.82, 2.24) is 0 Å². The van der Waals surface area contributed by atoms with E-state index in [-0.39, 0.29) is 5.92 Å². The van der Waals surface area contributed by atoms with Crippen molar-refractivity contribution in [3.8, 4) is 0 Å². The Morgan fingerprint density at radius 3 is 2.42 bits per heavy atom. The van der Waals surface area contributed by atoms with Gasteiger partial charge in [-0.3, -0.25) is 4.79 Å². The number of hydrogen-bond donors (Lipinski definition) is 2. The summed E-state index contributed by atoms with van der Waals surface area (Å²) in [5.74, 6) is -1.28. The predicted molar refractivity (Wildman–Crippen MR) is 44.8 cm³/mol. The minimum atomic E-state index is -0.999. The van der Waals surface area contributed by atoms with Crippen LogP contribution in [-0.2, 0) is 4.79 Å². The van der Waals surface area contributed by atoms with Crippen LogP contribution in [-0.4, -0.2) is 21.8 Å². The molecule has 3 nitrogen and oxygen atoms in total.